The largest absolute Gasteiger partial charge is 0.0985 e. The van der Waals surface area contributed by atoms with Crippen molar-refractivity contribution in [1.82, 2.24) is 0 Å². The van der Waals surface area contributed by atoms with Gasteiger partial charge in [-0.1, -0.05) is 112 Å². The molecule has 0 amide bonds. The summed E-state index contributed by atoms with van der Waals surface area (Å²) in [6.07, 6.45) is 3.80. The molecule has 3 aromatic rings. The van der Waals surface area contributed by atoms with E-state index in [0.29, 0.717) is 11.8 Å². The summed E-state index contributed by atoms with van der Waals surface area (Å²) in [5.74, 6) is 0.728. The van der Waals surface area contributed by atoms with E-state index in [9.17, 15) is 0 Å². The molecule has 0 bridgehead atoms. The first-order valence-corrected chi connectivity index (χ1v) is 9.17. The molecule has 0 N–H and O–H groups in total. The van der Waals surface area contributed by atoms with Crippen molar-refractivity contribution in [1.29, 1.82) is 0 Å². The molecule has 0 aromatic heterocycles. The molecule has 2 atom stereocenters. The first-order chi connectivity index (χ1) is 12.6. The number of hydrogen-bond acceptors (Lipinski definition) is 0. The summed E-state index contributed by atoms with van der Waals surface area (Å²) < 4.78 is 0. The molecule has 0 heterocycles. The molecular weight excluding hydrogens is 312 g/mol. The Labute approximate surface area is 157 Å². The van der Waals surface area contributed by atoms with Crippen LogP contribution >= 0.6 is 0 Å². The Kier molecular flexibility index (Phi) is 5.53. The van der Waals surface area contributed by atoms with Gasteiger partial charge in [0.25, 0.3) is 0 Å². The third kappa shape index (κ3) is 3.86. The lowest BCUT2D eigenvalue weighted by Crippen LogP contribution is -1.99. The summed E-state index contributed by atoms with van der Waals surface area (Å²) in [6, 6.07) is 26.2. The molecule has 0 saturated heterocycles. The molecular formula is C26H26. The highest BCUT2D eigenvalue weighted by Gasteiger charge is 2.12. The summed E-state index contributed by atoms with van der Waals surface area (Å²) in [7, 11) is 0. The van der Waals surface area contributed by atoms with Crippen LogP contribution in [-0.4, -0.2) is 0 Å². The molecule has 0 saturated carbocycles. The maximum atomic E-state index is 3.87. The summed E-state index contributed by atoms with van der Waals surface area (Å²) in [5.41, 5.74) is 7.65. The zero-order valence-corrected chi connectivity index (χ0v) is 15.7. The fraction of sp³-hybridized carbons (Fsp3) is 0.154. The van der Waals surface area contributed by atoms with Crippen LogP contribution in [0.15, 0.2) is 86.0 Å². The fourth-order valence-corrected chi connectivity index (χ4v) is 3.37. The van der Waals surface area contributed by atoms with E-state index < -0.39 is 0 Å². The summed E-state index contributed by atoms with van der Waals surface area (Å²) >= 11 is 0. The molecule has 0 heteroatoms. The Balaban J connectivity index is 1.83. The Hall–Kier alpha value is -2.86. The summed E-state index contributed by atoms with van der Waals surface area (Å²) in [5, 5.41) is 0. The van der Waals surface area contributed by atoms with Gasteiger partial charge in [-0.25, -0.2) is 0 Å². The lowest BCUT2D eigenvalue weighted by molar-refractivity contribution is 0.898. The van der Waals surface area contributed by atoms with Gasteiger partial charge in [0.2, 0.25) is 0 Å². The minimum absolute atomic E-state index is 0.364. The average molecular weight is 338 g/mol. The zero-order valence-electron chi connectivity index (χ0n) is 15.7. The molecule has 2 unspecified atom stereocenters. The van der Waals surface area contributed by atoms with E-state index in [-0.39, 0.29) is 0 Å². The quantitative estimate of drug-likeness (QED) is 0.443. The molecule has 0 fully saturated rings. The van der Waals surface area contributed by atoms with Crippen molar-refractivity contribution in [2.75, 3.05) is 0 Å². The van der Waals surface area contributed by atoms with Crippen LogP contribution in [0, 0.1) is 0 Å². The van der Waals surface area contributed by atoms with Crippen molar-refractivity contribution in [3.63, 3.8) is 0 Å². The molecule has 3 aromatic carbocycles. The topological polar surface area (TPSA) is 0 Å². The highest BCUT2D eigenvalue weighted by molar-refractivity contribution is 5.51. The predicted molar refractivity (Wildman–Crippen MR) is 115 cm³/mol. The maximum absolute atomic E-state index is 3.87. The molecule has 0 aliphatic heterocycles. The lowest BCUT2D eigenvalue weighted by Gasteiger charge is -2.17. The second-order valence-corrected chi connectivity index (χ2v) is 6.86. The fourth-order valence-electron chi connectivity index (χ4n) is 3.37. The van der Waals surface area contributed by atoms with E-state index >= 15 is 0 Å². The Morgan fingerprint density at radius 1 is 0.577 bits per heavy atom. The van der Waals surface area contributed by atoms with Gasteiger partial charge in [0.15, 0.2) is 0 Å². The van der Waals surface area contributed by atoms with Gasteiger partial charge in [-0.2, -0.15) is 0 Å². The van der Waals surface area contributed by atoms with Gasteiger partial charge in [0.1, 0.15) is 0 Å². The molecule has 130 valence electrons. The van der Waals surface area contributed by atoms with Gasteiger partial charge in [-0.15, -0.1) is 0 Å². The minimum atomic E-state index is 0.364. The van der Waals surface area contributed by atoms with Crippen molar-refractivity contribution in [3.8, 4) is 0 Å². The van der Waals surface area contributed by atoms with E-state index in [0.717, 1.165) is 0 Å². The molecule has 26 heavy (non-hydrogen) atoms. The highest BCUT2D eigenvalue weighted by atomic mass is 14.2. The van der Waals surface area contributed by atoms with Gasteiger partial charge in [0.05, 0.1) is 0 Å². The van der Waals surface area contributed by atoms with Crippen molar-refractivity contribution >= 4 is 12.2 Å². The molecule has 3 rings (SSSR count). The zero-order chi connectivity index (χ0) is 18.5. The maximum Gasteiger partial charge on any atom is 0.00612 e. The van der Waals surface area contributed by atoms with E-state index in [1.54, 1.807) is 0 Å². The third-order valence-corrected chi connectivity index (χ3v) is 5.23. The average Bonchev–Trinajstić information content (AvgIpc) is 2.72. The number of benzene rings is 3. The first kappa shape index (κ1) is 17.9. The highest BCUT2D eigenvalue weighted by Crippen LogP contribution is 2.29. The number of hydrogen-bond donors (Lipinski definition) is 0. The second kappa shape index (κ2) is 8.01. The molecule has 0 spiro atoms. The van der Waals surface area contributed by atoms with Crippen LogP contribution in [0.2, 0.25) is 0 Å². The van der Waals surface area contributed by atoms with Crippen LogP contribution < -0.4 is 0 Å². The van der Waals surface area contributed by atoms with Crippen LogP contribution in [-0.2, 0) is 0 Å². The van der Waals surface area contributed by atoms with Gasteiger partial charge in [-0.3, -0.25) is 0 Å². The van der Waals surface area contributed by atoms with Gasteiger partial charge in [0, 0.05) is 11.8 Å². The molecule has 0 nitrogen and oxygen atoms in total. The monoisotopic (exact) mass is 338 g/mol. The Morgan fingerprint density at radius 2 is 0.962 bits per heavy atom. The first-order valence-electron chi connectivity index (χ1n) is 9.17. The van der Waals surface area contributed by atoms with Crippen LogP contribution in [0.4, 0.5) is 0 Å². The molecule has 0 aliphatic carbocycles. The van der Waals surface area contributed by atoms with Crippen molar-refractivity contribution in [2.24, 2.45) is 0 Å². The Morgan fingerprint density at radius 3 is 1.31 bits per heavy atom. The third-order valence-electron chi connectivity index (χ3n) is 5.23. The van der Waals surface area contributed by atoms with Crippen molar-refractivity contribution in [2.45, 2.75) is 25.7 Å². The predicted octanol–water partition coefficient (Wildman–Crippen LogP) is 7.28. The van der Waals surface area contributed by atoms with Crippen molar-refractivity contribution < 1.29 is 0 Å². The van der Waals surface area contributed by atoms with Gasteiger partial charge >= 0.3 is 0 Å². The van der Waals surface area contributed by atoms with Gasteiger partial charge < -0.3 is 0 Å². The van der Waals surface area contributed by atoms with Crippen molar-refractivity contribution in [3.05, 3.63) is 119 Å². The standard InChI is InChI=1S/C26H26/c1-5-21-9-7-11-25(17-21)19(3)23-13-15-24(16-14-23)20(4)26-12-8-10-22(6-2)18-26/h5-20H,1-2H2,3-4H3. The molecule has 0 aliphatic rings. The normalized spacial score (nSPS) is 13.0. The Bertz CT molecular complexity index is 823. The van der Waals surface area contributed by atoms with E-state index in [1.165, 1.54) is 33.4 Å². The van der Waals surface area contributed by atoms with Gasteiger partial charge in [-0.05, 0) is 33.4 Å². The molecule has 0 radical (unpaired) electrons. The van der Waals surface area contributed by atoms with E-state index in [4.69, 9.17) is 0 Å². The second-order valence-electron chi connectivity index (χ2n) is 6.86. The number of rotatable bonds is 6. The van der Waals surface area contributed by atoms with Crippen LogP contribution in [0.5, 0.6) is 0 Å². The van der Waals surface area contributed by atoms with E-state index in [2.05, 4.69) is 99.8 Å². The van der Waals surface area contributed by atoms with Crippen LogP contribution in [0.3, 0.4) is 0 Å². The minimum Gasteiger partial charge on any atom is -0.0985 e. The smallest absolute Gasteiger partial charge is 0.00612 e. The van der Waals surface area contributed by atoms with Crippen LogP contribution in [0.25, 0.3) is 12.2 Å². The van der Waals surface area contributed by atoms with E-state index in [1.807, 2.05) is 12.2 Å². The van der Waals surface area contributed by atoms with Crippen LogP contribution in [0.1, 0.15) is 59.1 Å². The lowest BCUT2D eigenvalue weighted by atomic mass is 9.88. The summed E-state index contributed by atoms with van der Waals surface area (Å²) in [6.45, 7) is 12.3. The SMILES string of the molecule is C=Cc1cccc(C(C)c2ccc(C(C)c3cccc(C=C)c3)cc2)c1. The summed E-state index contributed by atoms with van der Waals surface area (Å²) in [4.78, 5) is 0.